The van der Waals surface area contributed by atoms with E-state index in [2.05, 4.69) is 0 Å². The molecule has 18 heavy (non-hydrogen) atoms. The molecule has 83 valence electrons. The molecule has 0 unspecified atom stereocenters. The molecule has 0 saturated heterocycles. The van der Waals surface area contributed by atoms with E-state index in [0.717, 1.165) is 0 Å². The summed E-state index contributed by atoms with van der Waals surface area (Å²) in [5.74, 6) is 0. The Labute approximate surface area is 177 Å². The monoisotopic (exact) mass is 292 g/mol. The number of hydrogen-bond acceptors (Lipinski definition) is 0. The molecule has 0 heterocycles. The summed E-state index contributed by atoms with van der Waals surface area (Å²) in [6, 6.07) is 0. The minimum absolute atomic E-state index is 0. The Morgan fingerprint density at radius 3 is 0.333 bits per heavy atom. The third kappa shape index (κ3) is 16.6. The SMILES string of the molecule is [CH]1[CH][CH][CH][CH][CH][CH][CH]1.[CH]1[CH][CH][CH][CH][CH][CH][CH]1.[K+].[Sc]. The molecule has 0 nitrogen and oxygen atoms in total. The molecule has 0 amide bonds. The van der Waals surface area contributed by atoms with Crippen LogP contribution in [0.15, 0.2) is 0 Å². The van der Waals surface area contributed by atoms with Crippen molar-refractivity contribution in [1.29, 1.82) is 0 Å². The van der Waals surface area contributed by atoms with Crippen molar-refractivity contribution >= 4 is 0 Å². The minimum Gasteiger partial charge on any atom is -0.0312 e. The molecule has 0 bridgehead atoms. The topological polar surface area (TPSA) is 0 Å². The molecule has 0 N–H and O–H groups in total. The van der Waals surface area contributed by atoms with Gasteiger partial charge in [-0.15, -0.1) is 0 Å². The summed E-state index contributed by atoms with van der Waals surface area (Å²) in [6.07, 6.45) is 32.0. The molecule has 0 aromatic carbocycles. The van der Waals surface area contributed by atoms with E-state index in [4.69, 9.17) is 0 Å². The van der Waals surface area contributed by atoms with Crippen LogP contribution in [-0.4, -0.2) is 0 Å². The fourth-order valence-corrected chi connectivity index (χ4v) is 1.03. The van der Waals surface area contributed by atoms with Crippen LogP contribution in [0.5, 0.6) is 0 Å². The quantitative estimate of drug-likeness (QED) is 0.562. The van der Waals surface area contributed by atoms with E-state index in [-0.39, 0.29) is 77.2 Å². The van der Waals surface area contributed by atoms with Crippen LogP contribution < -0.4 is 51.4 Å². The smallest absolute Gasteiger partial charge is 0.0312 e. The molecular weight excluding hydrogens is 276 g/mol. The predicted octanol–water partition coefficient (Wildman–Crippen LogP) is 0.270. The van der Waals surface area contributed by atoms with Crippen molar-refractivity contribution in [2.24, 2.45) is 0 Å². The molecular formula is C16H16KSc+. The maximum absolute atomic E-state index is 2.00. The molecule has 17 radical (unpaired) electrons. The van der Waals surface area contributed by atoms with Crippen molar-refractivity contribution in [1.82, 2.24) is 0 Å². The van der Waals surface area contributed by atoms with Gasteiger partial charge in [0.2, 0.25) is 0 Å². The van der Waals surface area contributed by atoms with Crippen LogP contribution >= 0.6 is 0 Å². The van der Waals surface area contributed by atoms with Crippen LogP contribution in [-0.2, 0) is 25.8 Å². The second kappa shape index (κ2) is 19.5. The summed E-state index contributed by atoms with van der Waals surface area (Å²) in [4.78, 5) is 0. The first-order valence-corrected chi connectivity index (χ1v) is 5.33. The fraction of sp³-hybridized carbons (Fsp3) is 0. The van der Waals surface area contributed by atoms with Gasteiger partial charge in [0.05, 0.1) is 0 Å². The zero-order valence-corrected chi connectivity index (χ0v) is 15.7. The van der Waals surface area contributed by atoms with E-state index < -0.39 is 0 Å². The Morgan fingerprint density at radius 1 is 0.222 bits per heavy atom. The molecule has 0 aromatic heterocycles. The Balaban J connectivity index is 0. The van der Waals surface area contributed by atoms with E-state index in [1.165, 1.54) is 0 Å². The maximum atomic E-state index is 2.00. The second-order valence-corrected chi connectivity index (χ2v) is 3.08. The van der Waals surface area contributed by atoms with Gasteiger partial charge in [0, 0.05) is 25.8 Å². The van der Waals surface area contributed by atoms with E-state index >= 15 is 0 Å². The first kappa shape index (κ1) is 22.8. The zero-order valence-electron chi connectivity index (χ0n) is 10.8. The van der Waals surface area contributed by atoms with Gasteiger partial charge in [0.15, 0.2) is 0 Å². The molecule has 2 rings (SSSR count). The first-order valence-electron chi connectivity index (χ1n) is 5.33. The third-order valence-corrected chi connectivity index (χ3v) is 1.78. The van der Waals surface area contributed by atoms with Gasteiger partial charge in [-0.3, -0.25) is 0 Å². The molecule has 2 fully saturated rings. The summed E-state index contributed by atoms with van der Waals surface area (Å²) in [7, 11) is 0. The average molecular weight is 292 g/mol. The normalized spacial score (nSPS) is 21.3. The van der Waals surface area contributed by atoms with Gasteiger partial charge in [0.25, 0.3) is 0 Å². The van der Waals surface area contributed by atoms with Crippen molar-refractivity contribution in [3.63, 3.8) is 0 Å². The van der Waals surface area contributed by atoms with Gasteiger partial charge in [-0.05, 0) is 103 Å². The van der Waals surface area contributed by atoms with Crippen molar-refractivity contribution in [3.05, 3.63) is 103 Å². The van der Waals surface area contributed by atoms with Crippen LogP contribution in [0.3, 0.4) is 0 Å². The van der Waals surface area contributed by atoms with E-state index in [0.29, 0.717) is 0 Å². The van der Waals surface area contributed by atoms with Gasteiger partial charge >= 0.3 is 51.4 Å². The molecule has 0 atom stereocenters. The molecule has 2 aliphatic carbocycles. The Kier molecular flexibility index (Phi) is 24.7. The van der Waals surface area contributed by atoms with Gasteiger partial charge < -0.3 is 0 Å². The largest absolute Gasteiger partial charge is 1.00 e. The van der Waals surface area contributed by atoms with Crippen molar-refractivity contribution in [3.8, 4) is 0 Å². The Bertz CT molecular complexity index is 75.1. The fourth-order valence-electron chi connectivity index (χ4n) is 1.03. The summed E-state index contributed by atoms with van der Waals surface area (Å²) in [6.45, 7) is 0. The minimum atomic E-state index is 0. The van der Waals surface area contributed by atoms with Crippen LogP contribution in [0.2, 0.25) is 0 Å². The standard InChI is InChI=1S/2C8H8.K.Sc/c2*1-2-4-6-8-7-5-3-1;;/h2*1-8H;;/q;;+1;. The first-order chi connectivity index (χ1) is 8.00. The summed E-state index contributed by atoms with van der Waals surface area (Å²) < 4.78 is 0. The Morgan fingerprint density at radius 2 is 0.278 bits per heavy atom. The Hall–Kier alpha value is 2.51. The van der Waals surface area contributed by atoms with Crippen LogP contribution in [0.25, 0.3) is 0 Å². The van der Waals surface area contributed by atoms with Crippen LogP contribution in [0.4, 0.5) is 0 Å². The van der Waals surface area contributed by atoms with Gasteiger partial charge in [-0.2, -0.15) is 0 Å². The van der Waals surface area contributed by atoms with Gasteiger partial charge in [-0.25, -0.2) is 0 Å². The molecule has 2 heteroatoms. The van der Waals surface area contributed by atoms with E-state index in [1.54, 1.807) is 0 Å². The van der Waals surface area contributed by atoms with Crippen molar-refractivity contribution < 1.29 is 77.2 Å². The summed E-state index contributed by atoms with van der Waals surface area (Å²) >= 11 is 0. The number of rotatable bonds is 0. The second-order valence-electron chi connectivity index (χ2n) is 3.08. The van der Waals surface area contributed by atoms with Crippen molar-refractivity contribution in [2.45, 2.75) is 0 Å². The molecule has 2 saturated carbocycles. The van der Waals surface area contributed by atoms with Gasteiger partial charge in [-0.1, -0.05) is 0 Å². The summed E-state index contributed by atoms with van der Waals surface area (Å²) in [5.41, 5.74) is 0. The van der Waals surface area contributed by atoms with Crippen LogP contribution in [0, 0.1) is 103 Å². The maximum Gasteiger partial charge on any atom is 1.00 e. The number of hydrogen-bond donors (Lipinski definition) is 0. The van der Waals surface area contributed by atoms with E-state index in [9.17, 15) is 0 Å². The molecule has 0 aliphatic heterocycles. The predicted molar refractivity (Wildman–Crippen MR) is 68.8 cm³/mol. The molecule has 0 aromatic rings. The average Bonchev–Trinajstić information content (AvgIpc) is 2.15. The molecule has 0 spiro atoms. The van der Waals surface area contributed by atoms with Gasteiger partial charge in [0.1, 0.15) is 0 Å². The summed E-state index contributed by atoms with van der Waals surface area (Å²) in [5, 5.41) is 0. The van der Waals surface area contributed by atoms with E-state index in [1.807, 2.05) is 103 Å². The third-order valence-electron chi connectivity index (χ3n) is 1.78. The van der Waals surface area contributed by atoms with Crippen molar-refractivity contribution in [2.75, 3.05) is 0 Å². The molecule has 2 aliphatic rings. The van der Waals surface area contributed by atoms with Crippen LogP contribution in [0.1, 0.15) is 0 Å². The zero-order chi connectivity index (χ0) is 11.3.